The van der Waals surface area contributed by atoms with E-state index in [-0.39, 0.29) is 0 Å². The standard InChI is InChI=1S/C10H12ClNO2/c1-6-3-4-9(14-10(12)13)7(2)8(6)5-11/h3-4H,5H2,1-2H3,(H2,12,13). The summed E-state index contributed by atoms with van der Waals surface area (Å²) in [6, 6.07) is 3.56. The summed E-state index contributed by atoms with van der Waals surface area (Å²) in [6.07, 6.45) is -0.808. The Labute approximate surface area is 87.8 Å². The molecule has 0 heterocycles. The van der Waals surface area contributed by atoms with Crippen LogP contribution in [0.4, 0.5) is 4.79 Å². The Morgan fingerprint density at radius 1 is 1.50 bits per heavy atom. The van der Waals surface area contributed by atoms with Crippen LogP contribution in [0.2, 0.25) is 0 Å². The predicted octanol–water partition coefficient (Wildman–Crippen LogP) is 2.50. The van der Waals surface area contributed by atoms with Crippen LogP contribution in [0.15, 0.2) is 12.1 Å². The van der Waals surface area contributed by atoms with Gasteiger partial charge in [0.1, 0.15) is 5.75 Å². The van der Waals surface area contributed by atoms with Gasteiger partial charge in [-0.3, -0.25) is 0 Å². The lowest BCUT2D eigenvalue weighted by molar-refractivity contribution is 0.210. The first-order chi connectivity index (χ1) is 6.56. The Bertz CT molecular complexity index is 363. The van der Waals surface area contributed by atoms with Crippen molar-refractivity contribution in [2.24, 2.45) is 5.73 Å². The minimum atomic E-state index is -0.808. The van der Waals surface area contributed by atoms with Gasteiger partial charge in [0, 0.05) is 5.88 Å². The van der Waals surface area contributed by atoms with Crippen molar-refractivity contribution in [2.45, 2.75) is 19.7 Å². The lowest BCUT2D eigenvalue weighted by Gasteiger charge is -2.10. The Morgan fingerprint density at radius 3 is 2.64 bits per heavy atom. The monoisotopic (exact) mass is 213 g/mol. The maximum atomic E-state index is 10.6. The van der Waals surface area contributed by atoms with Crippen LogP contribution in [0.3, 0.4) is 0 Å². The molecule has 0 bridgehead atoms. The molecule has 0 fully saturated rings. The average Bonchev–Trinajstić information content (AvgIpc) is 2.10. The lowest BCUT2D eigenvalue weighted by Crippen LogP contribution is -2.17. The molecule has 4 heteroatoms. The molecule has 1 rings (SSSR count). The summed E-state index contributed by atoms with van der Waals surface area (Å²) in [4.78, 5) is 10.6. The minimum Gasteiger partial charge on any atom is -0.410 e. The van der Waals surface area contributed by atoms with E-state index in [0.29, 0.717) is 11.6 Å². The van der Waals surface area contributed by atoms with Crippen molar-refractivity contribution in [3.8, 4) is 5.75 Å². The van der Waals surface area contributed by atoms with E-state index in [1.165, 1.54) is 0 Å². The molecule has 0 aromatic heterocycles. The molecule has 0 unspecified atom stereocenters. The number of benzene rings is 1. The molecule has 14 heavy (non-hydrogen) atoms. The number of nitrogens with two attached hydrogens (primary N) is 1. The molecule has 0 saturated heterocycles. The first kappa shape index (κ1) is 10.9. The molecule has 3 nitrogen and oxygen atoms in total. The number of halogens is 1. The van der Waals surface area contributed by atoms with Gasteiger partial charge < -0.3 is 10.5 Å². The van der Waals surface area contributed by atoms with Gasteiger partial charge >= 0.3 is 6.09 Å². The topological polar surface area (TPSA) is 52.3 Å². The first-order valence-electron chi connectivity index (χ1n) is 4.18. The maximum absolute atomic E-state index is 10.6. The van der Waals surface area contributed by atoms with Gasteiger partial charge in [-0.25, -0.2) is 4.79 Å². The molecule has 0 spiro atoms. The van der Waals surface area contributed by atoms with Crippen LogP contribution in [0.25, 0.3) is 0 Å². The van der Waals surface area contributed by atoms with Crippen LogP contribution in [-0.2, 0) is 5.88 Å². The molecule has 2 N–H and O–H groups in total. The van der Waals surface area contributed by atoms with Crippen molar-refractivity contribution in [2.75, 3.05) is 0 Å². The number of carbonyl (C=O) groups is 1. The van der Waals surface area contributed by atoms with E-state index < -0.39 is 6.09 Å². The largest absolute Gasteiger partial charge is 0.410 e. The molecule has 0 aliphatic rings. The summed E-state index contributed by atoms with van der Waals surface area (Å²) in [5, 5.41) is 0. The summed E-state index contributed by atoms with van der Waals surface area (Å²) in [6.45, 7) is 3.81. The van der Waals surface area contributed by atoms with Crippen LogP contribution < -0.4 is 10.5 Å². The second-order valence-corrected chi connectivity index (χ2v) is 3.31. The van der Waals surface area contributed by atoms with Gasteiger partial charge in [-0.15, -0.1) is 11.6 Å². The average molecular weight is 214 g/mol. The maximum Gasteiger partial charge on any atom is 0.409 e. The summed E-state index contributed by atoms with van der Waals surface area (Å²) in [5.41, 5.74) is 7.84. The summed E-state index contributed by atoms with van der Waals surface area (Å²) in [7, 11) is 0. The highest BCUT2D eigenvalue weighted by atomic mass is 35.5. The van der Waals surface area contributed by atoms with Crippen LogP contribution >= 0.6 is 11.6 Å². The molecule has 0 atom stereocenters. The van der Waals surface area contributed by atoms with Crippen LogP contribution in [-0.4, -0.2) is 6.09 Å². The number of rotatable bonds is 2. The Morgan fingerprint density at radius 2 is 2.14 bits per heavy atom. The second-order valence-electron chi connectivity index (χ2n) is 3.04. The van der Waals surface area contributed by atoms with E-state index >= 15 is 0 Å². The first-order valence-corrected chi connectivity index (χ1v) is 4.72. The van der Waals surface area contributed by atoms with Crippen LogP contribution in [0.5, 0.6) is 5.75 Å². The fourth-order valence-corrected chi connectivity index (χ4v) is 1.71. The lowest BCUT2D eigenvalue weighted by atomic mass is 10.0. The zero-order chi connectivity index (χ0) is 10.7. The Balaban J connectivity index is 3.14. The molecule has 1 aromatic rings. The van der Waals surface area contributed by atoms with Crippen molar-refractivity contribution >= 4 is 17.7 Å². The zero-order valence-electron chi connectivity index (χ0n) is 8.13. The highest BCUT2D eigenvalue weighted by Crippen LogP contribution is 2.25. The summed E-state index contributed by atoms with van der Waals surface area (Å²) >= 11 is 5.77. The third-order valence-corrected chi connectivity index (χ3v) is 2.39. The van der Waals surface area contributed by atoms with Gasteiger partial charge in [0.15, 0.2) is 0 Å². The van der Waals surface area contributed by atoms with Crippen molar-refractivity contribution < 1.29 is 9.53 Å². The summed E-state index contributed by atoms with van der Waals surface area (Å²) in [5.74, 6) is 0.868. The molecule has 0 radical (unpaired) electrons. The van der Waals surface area contributed by atoms with Gasteiger partial charge in [0.25, 0.3) is 0 Å². The van der Waals surface area contributed by atoms with Gasteiger partial charge in [-0.05, 0) is 36.6 Å². The smallest absolute Gasteiger partial charge is 0.409 e. The zero-order valence-corrected chi connectivity index (χ0v) is 8.89. The number of alkyl halides is 1. The Kier molecular flexibility index (Phi) is 3.36. The number of carbonyl (C=O) groups excluding carboxylic acids is 1. The molecular formula is C10H12ClNO2. The number of hydrogen-bond donors (Lipinski definition) is 1. The van der Waals surface area contributed by atoms with Gasteiger partial charge in [0.05, 0.1) is 0 Å². The number of ether oxygens (including phenoxy) is 1. The number of primary amides is 1. The van der Waals surface area contributed by atoms with Crippen molar-refractivity contribution in [3.63, 3.8) is 0 Å². The quantitative estimate of drug-likeness (QED) is 0.768. The fourth-order valence-electron chi connectivity index (χ4n) is 1.30. The third kappa shape index (κ3) is 2.17. The van der Waals surface area contributed by atoms with E-state index in [9.17, 15) is 4.79 Å². The minimum absolute atomic E-state index is 0.396. The molecule has 1 aromatic carbocycles. The van der Waals surface area contributed by atoms with Crippen molar-refractivity contribution in [3.05, 3.63) is 28.8 Å². The molecule has 0 aliphatic carbocycles. The van der Waals surface area contributed by atoms with Gasteiger partial charge in [-0.2, -0.15) is 0 Å². The Hall–Kier alpha value is -1.22. The van der Waals surface area contributed by atoms with Crippen LogP contribution in [0.1, 0.15) is 16.7 Å². The predicted molar refractivity (Wildman–Crippen MR) is 55.7 cm³/mol. The molecule has 1 amide bonds. The van der Waals surface area contributed by atoms with E-state index in [1.54, 1.807) is 6.07 Å². The molecule has 76 valence electrons. The molecule has 0 aliphatic heterocycles. The van der Waals surface area contributed by atoms with E-state index in [0.717, 1.165) is 16.7 Å². The van der Waals surface area contributed by atoms with E-state index in [1.807, 2.05) is 19.9 Å². The SMILES string of the molecule is Cc1ccc(OC(N)=O)c(C)c1CCl. The van der Waals surface area contributed by atoms with Crippen molar-refractivity contribution in [1.82, 2.24) is 0 Å². The van der Waals surface area contributed by atoms with Gasteiger partial charge in [0.2, 0.25) is 0 Å². The highest BCUT2D eigenvalue weighted by molar-refractivity contribution is 6.17. The summed E-state index contributed by atoms with van der Waals surface area (Å²) < 4.78 is 4.82. The molecule has 0 saturated carbocycles. The normalized spacial score (nSPS) is 9.93. The number of hydrogen-bond acceptors (Lipinski definition) is 2. The highest BCUT2D eigenvalue weighted by Gasteiger charge is 2.09. The van der Waals surface area contributed by atoms with Crippen molar-refractivity contribution in [1.29, 1.82) is 0 Å². The van der Waals surface area contributed by atoms with Gasteiger partial charge in [-0.1, -0.05) is 6.07 Å². The number of aryl methyl sites for hydroxylation is 1. The third-order valence-electron chi connectivity index (χ3n) is 2.13. The number of amides is 1. The fraction of sp³-hybridized carbons (Fsp3) is 0.300. The van der Waals surface area contributed by atoms with E-state index in [4.69, 9.17) is 22.1 Å². The second kappa shape index (κ2) is 4.33. The molecular weight excluding hydrogens is 202 g/mol. The van der Waals surface area contributed by atoms with E-state index in [2.05, 4.69) is 0 Å². The van der Waals surface area contributed by atoms with Crippen LogP contribution in [0, 0.1) is 13.8 Å².